The summed E-state index contributed by atoms with van der Waals surface area (Å²) in [4.78, 5) is 4.79. The Morgan fingerprint density at radius 1 is 1.50 bits per heavy atom. The van der Waals surface area contributed by atoms with E-state index in [4.69, 9.17) is 5.84 Å². The van der Waals surface area contributed by atoms with Crippen LogP contribution in [0.15, 0.2) is 12.7 Å². The molecule has 1 fully saturated rings. The first-order valence-corrected chi connectivity index (χ1v) is 6.14. The highest BCUT2D eigenvalue weighted by molar-refractivity contribution is 4.88. The molecule has 1 heterocycles. The number of nitrogens with zero attached hydrogens (tertiary/aromatic N) is 2. The zero-order valence-electron chi connectivity index (χ0n) is 10.7. The number of unbranched alkanes of at least 4 members (excludes halogenated alkanes) is 1. The van der Waals surface area contributed by atoms with Crippen molar-refractivity contribution in [3.05, 3.63) is 12.7 Å². The first kappa shape index (κ1) is 13.6. The number of allylic oxidation sites excluding steroid dienone is 1. The highest BCUT2D eigenvalue weighted by Gasteiger charge is 2.28. The normalized spacial score (nSPS) is 25.6. The fourth-order valence-electron chi connectivity index (χ4n) is 2.35. The van der Waals surface area contributed by atoms with E-state index in [9.17, 15) is 0 Å². The maximum atomic E-state index is 5.67. The molecule has 0 aromatic carbocycles. The lowest BCUT2D eigenvalue weighted by Gasteiger charge is -2.41. The van der Waals surface area contributed by atoms with Gasteiger partial charge in [0.2, 0.25) is 0 Å². The van der Waals surface area contributed by atoms with Gasteiger partial charge in [-0.25, -0.2) is 0 Å². The SMILES string of the molecule is C=CCCCC(NN)C1CN(C)CCN1C. The second-order valence-corrected chi connectivity index (χ2v) is 4.80. The van der Waals surface area contributed by atoms with Gasteiger partial charge >= 0.3 is 0 Å². The van der Waals surface area contributed by atoms with Crippen molar-refractivity contribution in [3.8, 4) is 0 Å². The summed E-state index contributed by atoms with van der Waals surface area (Å²) in [6, 6.07) is 0.904. The van der Waals surface area contributed by atoms with Crippen LogP contribution in [0.2, 0.25) is 0 Å². The Labute approximate surface area is 99.4 Å². The number of hydrazine groups is 1. The predicted molar refractivity (Wildman–Crippen MR) is 69.1 cm³/mol. The van der Waals surface area contributed by atoms with E-state index in [0.717, 1.165) is 38.9 Å². The van der Waals surface area contributed by atoms with Crippen molar-refractivity contribution < 1.29 is 0 Å². The first-order valence-electron chi connectivity index (χ1n) is 6.14. The molecule has 4 heteroatoms. The molecule has 2 unspecified atom stereocenters. The van der Waals surface area contributed by atoms with Crippen molar-refractivity contribution in [2.24, 2.45) is 5.84 Å². The van der Waals surface area contributed by atoms with Crippen molar-refractivity contribution in [2.45, 2.75) is 31.3 Å². The fourth-order valence-corrected chi connectivity index (χ4v) is 2.35. The number of piperazine rings is 1. The molecule has 16 heavy (non-hydrogen) atoms. The number of hydrogen-bond donors (Lipinski definition) is 2. The topological polar surface area (TPSA) is 44.5 Å². The van der Waals surface area contributed by atoms with Crippen LogP contribution in [-0.4, -0.2) is 55.6 Å². The summed E-state index contributed by atoms with van der Waals surface area (Å²) in [5, 5.41) is 0. The van der Waals surface area contributed by atoms with E-state index in [1.165, 1.54) is 0 Å². The van der Waals surface area contributed by atoms with E-state index in [0.29, 0.717) is 12.1 Å². The quantitative estimate of drug-likeness (QED) is 0.298. The summed E-state index contributed by atoms with van der Waals surface area (Å²) < 4.78 is 0. The molecule has 0 aliphatic carbocycles. The van der Waals surface area contributed by atoms with Gasteiger partial charge in [0.15, 0.2) is 0 Å². The minimum atomic E-state index is 0.382. The number of hydrogen-bond acceptors (Lipinski definition) is 4. The maximum absolute atomic E-state index is 5.67. The molecule has 0 amide bonds. The Morgan fingerprint density at radius 3 is 2.88 bits per heavy atom. The molecule has 2 atom stereocenters. The molecule has 0 radical (unpaired) electrons. The summed E-state index contributed by atoms with van der Waals surface area (Å²) in [6.07, 6.45) is 5.33. The number of nitrogens with two attached hydrogens (primary N) is 1. The molecule has 4 nitrogen and oxygen atoms in total. The lowest BCUT2D eigenvalue weighted by molar-refractivity contribution is 0.0848. The van der Waals surface area contributed by atoms with E-state index >= 15 is 0 Å². The Balaban J connectivity index is 2.45. The van der Waals surface area contributed by atoms with Crippen LogP contribution in [0, 0.1) is 0 Å². The van der Waals surface area contributed by atoms with Crippen LogP contribution in [-0.2, 0) is 0 Å². The zero-order valence-corrected chi connectivity index (χ0v) is 10.7. The van der Waals surface area contributed by atoms with Crippen molar-refractivity contribution in [2.75, 3.05) is 33.7 Å². The van der Waals surface area contributed by atoms with Crippen LogP contribution in [0.1, 0.15) is 19.3 Å². The molecule has 1 saturated heterocycles. The fraction of sp³-hybridized carbons (Fsp3) is 0.833. The van der Waals surface area contributed by atoms with Gasteiger partial charge in [-0.15, -0.1) is 6.58 Å². The van der Waals surface area contributed by atoms with E-state index in [2.05, 4.69) is 35.9 Å². The molecule has 94 valence electrons. The summed E-state index contributed by atoms with van der Waals surface area (Å²) in [6.45, 7) is 7.12. The van der Waals surface area contributed by atoms with Gasteiger partial charge in [0.25, 0.3) is 0 Å². The van der Waals surface area contributed by atoms with Crippen LogP contribution in [0.25, 0.3) is 0 Å². The third-order valence-electron chi connectivity index (χ3n) is 3.50. The van der Waals surface area contributed by atoms with Crippen LogP contribution < -0.4 is 11.3 Å². The summed E-state index contributed by atoms with van der Waals surface area (Å²) in [5.74, 6) is 5.67. The summed E-state index contributed by atoms with van der Waals surface area (Å²) >= 11 is 0. The standard InChI is InChI=1S/C12H26N4/c1-4-5-6-7-11(14-13)12-10-15(2)8-9-16(12)3/h4,11-12,14H,1,5-10,13H2,2-3H3. The van der Waals surface area contributed by atoms with E-state index < -0.39 is 0 Å². The third-order valence-corrected chi connectivity index (χ3v) is 3.50. The van der Waals surface area contributed by atoms with Gasteiger partial charge in [-0.1, -0.05) is 6.08 Å². The van der Waals surface area contributed by atoms with E-state index in [1.807, 2.05) is 6.08 Å². The molecule has 1 aliphatic heterocycles. The summed E-state index contributed by atoms with van der Waals surface area (Å²) in [5.41, 5.74) is 2.98. The van der Waals surface area contributed by atoms with Crippen molar-refractivity contribution in [1.29, 1.82) is 0 Å². The van der Waals surface area contributed by atoms with Gasteiger partial charge in [0, 0.05) is 31.7 Å². The maximum Gasteiger partial charge on any atom is 0.0387 e. The van der Waals surface area contributed by atoms with Crippen LogP contribution in [0.4, 0.5) is 0 Å². The van der Waals surface area contributed by atoms with Crippen molar-refractivity contribution >= 4 is 0 Å². The number of likely N-dealkylation sites (N-methyl/N-ethyl adjacent to an activating group) is 2. The second kappa shape index (κ2) is 7.01. The molecule has 1 aliphatic rings. The van der Waals surface area contributed by atoms with Gasteiger partial charge in [0.05, 0.1) is 0 Å². The van der Waals surface area contributed by atoms with Crippen LogP contribution in [0.5, 0.6) is 0 Å². The smallest absolute Gasteiger partial charge is 0.0387 e. The molecule has 1 rings (SSSR count). The molecule has 0 bridgehead atoms. The molecular formula is C12H26N4. The Hall–Kier alpha value is -0.420. The van der Waals surface area contributed by atoms with Crippen LogP contribution >= 0.6 is 0 Å². The van der Waals surface area contributed by atoms with E-state index in [1.54, 1.807) is 0 Å². The Kier molecular flexibility index (Phi) is 5.98. The van der Waals surface area contributed by atoms with Gasteiger partial charge in [-0.3, -0.25) is 16.2 Å². The largest absolute Gasteiger partial charge is 0.303 e. The average Bonchev–Trinajstić information content (AvgIpc) is 2.28. The molecule has 0 spiro atoms. The summed E-state index contributed by atoms with van der Waals surface area (Å²) in [7, 11) is 4.37. The number of rotatable bonds is 6. The van der Waals surface area contributed by atoms with Gasteiger partial charge in [-0.05, 0) is 33.4 Å². The lowest BCUT2D eigenvalue weighted by atomic mass is 9.99. The van der Waals surface area contributed by atoms with Gasteiger partial charge in [-0.2, -0.15) is 0 Å². The highest BCUT2D eigenvalue weighted by atomic mass is 15.3. The zero-order chi connectivity index (χ0) is 12.0. The predicted octanol–water partition coefficient (Wildman–Crippen LogP) is 0.420. The van der Waals surface area contributed by atoms with Gasteiger partial charge in [0.1, 0.15) is 0 Å². The van der Waals surface area contributed by atoms with Gasteiger partial charge < -0.3 is 4.90 Å². The molecule has 3 N–H and O–H groups in total. The third kappa shape index (κ3) is 3.87. The minimum absolute atomic E-state index is 0.382. The molecular weight excluding hydrogens is 200 g/mol. The van der Waals surface area contributed by atoms with E-state index in [-0.39, 0.29) is 0 Å². The lowest BCUT2D eigenvalue weighted by Crippen LogP contribution is -2.59. The Bertz CT molecular complexity index is 207. The van der Waals surface area contributed by atoms with Crippen molar-refractivity contribution in [1.82, 2.24) is 15.2 Å². The first-order chi connectivity index (χ1) is 7.69. The molecule has 0 aromatic heterocycles. The Morgan fingerprint density at radius 2 is 2.25 bits per heavy atom. The minimum Gasteiger partial charge on any atom is -0.303 e. The highest BCUT2D eigenvalue weighted by Crippen LogP contribution is 2.14. The molecule has 0 saturated carbocycles. The monoisotopic (exact) mass is 226 g/mol. The molecule has 0 aromatic rings. The second-order valence-electron chi connectivity index (χ2n) is 4.80. The van der Waals surface area contributed by atoms with Crippen LogP contribution in [0.3, 0.4) is 0 Å². The average molecular weight is 226 g/mol. The number of nitrogens with one attached hydrogen (secondary N) is 1. The van der Waals surface area contributed by atoms with Crippen molar-refractivity contribution in [3.63, 3.8) is 0 Å².